The maximum absolute atomic E-state index is 13.6. The van der Waals surface area contributed by atoms with Crippen molar-refractivity contribution in [3.05, 3.63) is 70.2 Å². The minimum absolute atomic E-state index is 0.160. The van der Waals surface area contributed by atoms with Gasteiger partial charge < -0.3 is 9.52 Å². The zero-order valence-electron chi connectivity index (χ0n) is 10.7. The molecule has 0 aliphatic rings. The van der Waals surface area contributed by atoms with Crippen LogP contribution in [-0.2, 0) is 0 Å². The van der Waals surface area contributed by atoms with Crippen LogP contribution in [-0.4, -0.2) is 5.11 Å². The van der Waals surface area contributed by atoms with E-state index in [-0.39, 0.29) is 5.58 Å². The SMILES string of the molecule is Cc1cc(Cl)ccc1C(O)c1cc2cccc(F)c2o1. The Morgan fingerprint density at radius 2 is 2.00 bits per heavy atom. The third-order valence-corrected chi connectivity index (χ3v) is 3.55. The average Bonchev–Trinajstić information content (AvgIpc) is 2.83. The van der Waals surface area contributed by atoms with E-state index in [0.29, 0.717) is 21.7 Å². The van der Waals surface area contributed by atoms with Gasteiger partial charge in [-0.1, -0.05) is 29.8 Å². The van der Waals surface area contributed by atoms with Gasteiger partial charge in [-0.2, -0.15) is 0 Å². The molecule has 3 aromatic rings. The van der Waals surface area contributed by atoms with E-state index in [9.17, 15) is 9.50 Å². The van der Waals surface area contributed by atoms with Gasteiger partial charge in [-0.05, 0) is 42.3 Å². The first-order valence-corrected chi connectivity index (χ1v) is 6.56. The van der Waals surface area contributed by atoms with Gasteiger partial charge in [-0.3, -0.25) is 0 Å². The van der Waals surface area contributed by atoms with Crippen LogP contribution in [0.1, 0.15) is 23.0 Å². The van der Waals surface area contributed by atoms with Crippen LogP contribution in [0.25, 0.3) is 11.0 Å². The Bertz CT molecular complexity index is 779. The molecule has 102 valence electrons. The maximum atomic E-state index is 13.6. The monoisotopic (exact) mass is 290 g/mol. The van der Waals surface area contributed by atoms with Crippen LogP contribution in [0, 0.1) is 12.7 Å². The number of hydrogen-bond acceptors (Lipinski definition) is 2. The molecule has 0 fully saturated rings. The molecule has 2 nitrogen and oxygen atoms in total. The van der Waals surface area contributed by atoms with Crippen LogP contribution in [0.2, 0.25) is 5.02 Å². The Labute approximate surface area is 120 Å². The van der Waals surface area contributed by atoms with Gasteiger partial charge >= 0.3 is 0 Å². The van der Waals surface area contributed by atoms with Crippen molar-refractivity contribution in [2.24, 2.45) is 0 Å². The number of hydrogen-bond donors (Lipinski definition) is 1. The van der Waals surface area contributed by atoms with E-state index in [0.717, 1.165) is 5.56 Å². The molecule has 0 radical (unpaired) electrons. The molecule has 0 saturated heterocycles. The lowest BCUT2D eigenvalue weighted by molar-refractivity contribution is 0.191. The molecule has 1 heterocycles. The van der Waals surface area contributed by atoms with Crippen LogP contribution >= 0.6 is 11.6 Å². The van der Waals surface area contributed by atoms with Crippen molar-refractivity contribution >= 4 is 22.6 Å². The van der Waals surface area contributed by atoms with Gasteiger partial charge in [0.15, 0.2) is 11.4 Å². The fraction of sp³-hybridized carbons (Fsp3) is 0.125. The lowest BCUT2D eigenvalue weighted by Crippen LogP contribution is -2.00. The van der Waals surface area contributed by atoms with Gasteiger partial charge in [0.05, 0.1) is 0 Å². The summed E-state index contributed by atoms with van der Waals surface area (Å²) in [6.07, 6.45) is -0.945. The zero-order chi connectivity index (χ0) is 14.3. The van der Waals surface area contributed by atoms with Crippen LogP contribution in [0.4, 0.5) is 4.39 Å². The van der Waals surface area contributed by atoms with Gasteiger partial charge in [-0.15, -0.1) is 0 Å². The zero-order valence-corrected chi connectivity index (χ0v) is 11.5. The summed E-state index contributed by atoms with van der Waals surface area (Å²) in [7, 11) is 0. The summed E-state index contributed by atoms with van der Waals surface area (Å²) in [5.41, 5.74) is 1.70. The number of aliphatic hydroxyl groups is 1. The second-order valence-corrected chi connectivity index (χ2v) is 5.15. The summed E-state index contributed by atoms with van der Waals surface area (Å²) in [5.74, 6) is -0.121. The summed E-state index contributed by atoms with van der Waals surface area (Å²) in [6.45, 7) is 1.85. The number of benzene rings is 2. The fourth-order valence-corrected chi connectivity index (χ4v) is 2.51. The molecule has 0 bridgehead atoms. The maximum Gasteiger partial charge on any atom is 0.170 e. The highest BCUT2D eigenvalue weighted by molar-refractivity contribution is 6.30. The largest absolute Gasteiger partial charge is 0.455 e. The summed E-state index contributed by atoms with van der Waals surface area (Å²) in [4.78, 5) is 0. The Hall–Kier alpha value is -1.84. The molecule has 1 aromatic heterocycles. The number of aliphatic hydroxyl groups excluding tert-OH is 1. The van der Waals surface area contributed by atoms with Gasteiger partial charge in [0.2, 0.25) is 0 Å². The Kier molecular flexibility index (Phi) is 3.24. The standard InChI is InChI=1S/C16H12ClFO2/c1-9-7-11(17)5-6-12(9)15(19)14-8-10-3-2-4-13(18)16(10)20-14/h2-8,15,19H,1H3. The minimum Gasteiger partial charge on any atom is -0.455 e. The second kappa shape index (κ2) is 4.93. The van der Waals surface area contributed by atoms with E-state index >= 15 is 0 Å². The highest BCUT2D eigenvalue weighted by Gasteiger charge is 2.18. The molecule has 0 saturated carbocycles. The van der Waals surface area contributed by atoms with Crippen LogP contribution < -0.4 is 0 Å². The summed E-state index contributed by atoms with van der Waals surface area (Å²) < 4.78 is 19.0. The molecular formula is C16H12ClFO2. The lowest BCUT2D eigenvalue weighted by Gasteiger charge is -2.11. The third-order valence-electron chi connectivity index (χ3n) is 3.31. The summed E-state index contributed by atoms with van der Waals surface area (Å²) in [6, 6.07) is 11.5. The highest BCUT2D eigenvalue weighted by atomic mass is 35.5. The molecule has 0 amide bonds. The average molecular weight is 291 g/mol. The lowest BCUT2D eigenvalue weighted by atomic mass is 10.0. The highest BCUT2D eigenvalue weighted by Crippen LogP contribution is 2.31. The topological polar surface area (TPSA) is 33.4 Å². The van der Waals surface area contributed by atoms with Gasteiger partial charge in [0.1, 0.15) is 11.9 Å². The normalized spacial score (nSPS) is 12.8. The van der Waals surface area contributed by atoms with Gasteiger partial charge in [0, 0.05) is 10.4 Å². The molecule has 4 heteroatoms. The van der Waals surface area contributed by atoms with E-state index < -0.39 is 11.9 Å². The molecule has 2 aromatic carbocycles. The van der Waals surface area contributed by atoms with Crippen molar-refractivity contribution in [3.8, 4) is 0 Å². The first kappa shape index (κ1) is 13.2. The molecule has 1 atom stereocenters. The van der Waals surface area contributed by atoms with Crippen LogP contribution in [0.3, 0.4) is 0 Å². The molecule has 20 heavy (non-hydrogen) atoms. The molecule has 0 spiro atoms. The third kappa shape index (κ3) is 2.19. The molecule has 3 rings (SSSR count). The summed E-state index contributed by atoms with van der Waals surface area (Å²) >= 11 is 5.90. The van der Waals surface area contributed by atoms with Crippen molar-refractivity contribution < 1.29 is 13.9 Å². The first-order chi connectivity index (χ1) is 9.56. The molecule has 0 aliphatic heterocycles. The Morgan fingerprint density at radius 1 is 1.20 bits per heavy atom. The van der Waals surface area contributed by atoms with Crippen LogP contribution in [0.5, 0.6) is 0 Å². The van der Waals surface area contributed by atoms with E-state index in [1.165, 1.54) is 6.07 Å². The Morgan fingerprint density at radius 3 is 2.70 bits per heavy atom. The summed E-state index contributed by atoms with van der Waals surface area (Å²) in [5, 5.41) is 11.6. The molecule has 1 unspecified atom stereocenters. The van der Waals surface area contributed by atoms with Gasteiger partial charge in [0.25, 0.3) is 0 Å². The number of rotatable bonds is 2. The second-order valence-electron chi connectivity index (χ2n) is 4.71. The smallest absolute Gasteiger partial charge is 0.170 e. The number of fused-ring (bicyclic) bond motifs is 1. The van der Waals surface area contributed by atoms with Crippen molar-refractivity contribution in [2.45, 2.75) is 13.0 Å². The van der Waals surface area contributed by atoms with Crippen molar-refractivity contribution in [1.29, 1.82) is 0 Å². The Balaban J connectivity index is 2.08. The number of aryl methyl sites for hydroxylation is 1. The molecule has 0 aliphatic carbocycles. The van der Waals surface area contributed by atoms with Crippen molar-refractivity contribution in [1.82, 2.24) is 0 Å². The van der Waals surface area contributed by atoms with E-state index in [4.69, 9.17) is 16.0 Å². The number of halogens is 2. The van der Waals surface area contributed by atoms with E-state index in [1.54, 1.807) is 36.4 Å². The number of para-hydroxylation sites is 1. The fourth-order valence-electron chi connectivity index (χ4n) is 2.28. The van der Waals surface area contributed by atoms with Crippen molar-refractivity contribution in [3.63, 3.8) is 0 Å². The minimum atomic E-state index is -0.945. The predicted octanol–water partition coefficient (Wildman–Crippen LogP) is 4.62. The first-order valence-electron chi connectivity index (χ1n) is 6.18. The predicted molar refractivity (Wildman–Crippen MR) is 76.4 cm³/mol. The molecule has 1 N–H and O–H groups in total. The number of furan rings is 1. The van der Waals surface area contributed by atoms with Crippen molar-refractivity contribution in [2.75, 3.05) is 0 Å². The van der Waals surface area contributed by atoms with Crippen LogP contribution in [0.15, 0.2) is 46.9 Å². The van der Waals surface area contributed by atoms with Gasteiger partial charge in [-0.25, -0.2) is 4.39 Å². The molecular weight excluding hydrogens is 279 g/mol. The van der Waals surface area contributed by atoms with E-state index in [2.05, 4.69) is 0 Å². The quantitative estimate of drug-likeness (QED) is 0.747. The van der Waals surface area contributed by atoms with E-state index in [1.807, 2.05) is 6.92 Å².